The number of nitrogens with one attached hydrogen (secondary N) is 1. The van der Waals surface area contributed by atoms with Crippen molar-refractivity contribution in [1.29, 1.82) is 0 Å². The Hall–Kier alpha value is -1.95. The summed E-state index contributed by atoms with van der Waals surface area (Å²) in [6, 6.07) is 4.13. The zero-order valence-corrected chi connectivity index (χ0v) is 13.5. The summed E-state index contributed by atoms with van der Waals surface area (Å²) in [6.45, 7) is 5.99. The highest BCUT2D eigenvalue weighted by Gasteiger charge is 2.30. The Morgan fingerprint density at radius 2 is 2.22 bits per heavy atom. The van der Waals surface area contributed by atoms with Gasteiger partial charge in [0.15, 0.2) is 5.82 Å². The standard InChI is InChI=1S/C17H23N5O/c1-12-2-5-15(18-8-12)19-9-13-6-7-22(10-13)11-16-20-17(23-21-16)14-3-4-14/h2,5,8,13-14H,3-4,6-7,9-11H2,1H3,(H,18,19). The highest BCUT2D eigenvalue weighted by atomic mass is 16.5. The smallest absolute Gasteiger partial charge is 0.229 e. The molecule has 2 aromatic heterocycles. The summed E-state index contributed by atoms with van der Waals surface area (Å²) < 4.78 is 5.33. The molecule has 0 radical (unpaired) electrons. The van der Waals surface area contributed by atoms with E-state index in [1.807, 2.05) is 12.3 Å². The topological polar surface area (TPSA) is 67.1 Å². The van der Waals surface area contributed by atoms with Crippen molar-refractivity contribution in [2.45, 2.75) is 38.6 Å². The summed E-state index contributed by atoms with van der Waals surface area (Å²) in [7, 11) is 0. The molecule has 0 bridgehead atoms. The fourth-order valence-corrected chi connectivity index (χ4v) is 3.07. The quantitative estimate of drug-likeness (QED) is 0.884. The number of rotatable bonds is 6. The molecule has 4 rings (SSSR count). The van der Waals surface area contributed by atoms with E-state index in [9.17, 15) is 0 Å². The van der Waals surface area contributed by atoms with E-state index in [2.05, 4.69) is 38.3 Å². The van der Waals surface area contributed by atoms with E-state index in [-0.39, 0.29) is 0 Å². The van der Waals surface area contributed by atoms with Crippen molar-refractivity contribution in [1.82, 2.24) is 20.0 Å². The van der Waals surface area contributed by atoms with Gasteiger partial charge in [0.05, 0.1) is 6.54 Å². The molecule has 1 aliphatic carbocycles. The zero-order valence-electron chi connectivity index (χ0n) is 13.5. The minimum atomic E-state index is 0.536. The van der Waals surface area contributed by atoms with Gasteiger partial charge >= 0.3 is 0 Å². The molecule has 2 fully saturated rings. The number of anilines is 1. The predicted octanol–water partition coefficient (Wildman–Crippen LogP) is 2.58. The van der Waals surface area contributed by atoms with Gasteiger partial charge in [0.2, 0.25) is 5.89 Å². The largest absolute Gasteiger partial charge is 0.370 e. The first kappa shape index (κ1) is 14.6. The van der Waals surface area contributed by atoms with Gasteiger partial charge in [-0.05, 0) is 50.3 Å². The zero-order chi connectivity index (χ0) is 15.6. The second-order valence-electron chi connectivity index (χ2n) is 6.81. The monoisotopic (exact) mass is 313 g/mol. The van der Waals surface area contributed by atoms with Gasteiger partial charge < -0.3 is 9.84 Å². The third-order valence-electron chi connectivity index (χ3n) is 4.63. The van der Waals surface area contributed by atoms with Crippen LogP contribution in [0.1, 0.15) is 42.5 Å². The second kappa shape index (κ2) is 6.28. The third kappa shape index (κ3) is 3.69. The number of hydrogen-bond acceptors (Lipinski definition) is 6. The van der Waals surface area contributed by atoms with Crippen LogP contribution in [0.3, 0.4) is 0 Å². The molecule has 0 aromatic carbocycles. The molecule has 6 nitrogen and oxygen atoms in total. The Balaban J connectivity index is 1.24. The number of hydrogen-bond donors (Lipinski definition) is 1. The van der Waals surface area contributed by atoms with E-state index in [1.54, 1.807) is 0 Å². The van der Waals surface area contributed by atoms with Crippen LogP contribution in [-0.4, -0.2) is 39.7 Å². The first-order valence-electron chi connectivity index (χ1n) is 8.47. The van der Waals surface area contributed by atoms with Crippen molar-refractivity contribution in [2.75, 3.05) is 25.0 Å². The lowest BCUT2D eigenvalue weighted by atomic mass is 10.1. The van der Waals surface area contributed by atoms with Gasteiger partial charge in [-0.1, -0.05) is 11.2 Å². The third-order valence-corrected chi connectivity index (χ3v) is 4.63. The van der Waals surface area contributed by atoms with Crippen LogP contribution in [0.15, 0.2) is 22.9 Å². The number of pyridine rings is 1. The van der Waals surface area contributed by atoms with E-state index in [1.165, 1.54) is 24.8 Å². The summed E-state index contributed by atoms with van der Waals surface area (Å²) in [5.74, 6) is 3.81. The van der Waals surface area contributed by atoms with Gasteiger partial charge in [0.1, 0.15) is 5.82 Å². The van der Waals surface area contributed by atoms with Crippen LogP contribution in [0.2, 0.25) is 0 Å². The fourth-order valence-electron chi connectivity index (χ4n) is 3.07. The maximum absolute atomic E-state index is 5.33. The molecule has 0 spiro atoms. The first-order valence-corrected chi connectivity index (χ1v) is 8.47. The molecule has 1 aliphatic heterocycles. The van der Waals surface area contributed by atoms with Gasteiger partial charge in [-0.3, -0.25) is 4.90 Å². The molecule has 1 N–H and O–H groups in total. The lowest BCUT2D eigenvalue weighted by molar-refractivity contribution is 0.300. The van der Waals surface area contributed by atoms with E-state index >= 15 is 0 Å². The lowest BCUT2D eigenvalue weighted by Gasteiger charge is -2.14. The van der Waals surface area contributed by atoms with Crippen molar-refractivity contribution in [2.24, 2.45) is 5.92 Å². The summed E-state index contributed by atoms with van der Waals surface area (Å²) in [6.07, 6.45) is 5.50. The predicted molar refractivity (Wildman–Crippen MR) is 87.1 cm³/mol. The maximum Gasteiger partial charge on any atom is 0.229 e. The van der Waals surface area contributed by atoms with Gasteiger partial charge in [0.25, 0.3) is 0 Å². The van der Waals surface area contributed by atoms with Crippen LogP contribution in [0, 0.1) is 12.8 Å². The number of nitrogens with zero attached hydrogens (tertiary/aromatic N) is 4. The molecule has 1 unspecified atom stereocenters. The van der Waals surface area contributed by atoms with Crippen molar-refractivity contribution >= 4 is 5.82 Å². The number of likely N-dealkylation sites (tertiary alicyclic amines) is 1. The van der Waals surface area contributed by atoms with E-state index < -0.39 is 0 Å². The molecule has 2 aliphatic rings. The average Bonchev–Trinajstić information content (AvgIpc) is 3.14. The number of aromatic nitrogens is 3. The molecule has 1 atom stereocenters. The van der Waals surface area contributed by atoms with Crippen molar-refractivity contribution in [3.05, 3.63) is 35.6 Å². The molecule has 1 saturated carbocycles. The summed E-state index contributed by atoms with van der Waals surface area (Å²) >= 11 is 0. The fraction of sp³-hybridized carbons (Fsp3) is 0.588. The second-order valence-corrected chi connectivity index (χ2v) is 6.81. The Kier molecular flexibility index (Phi) is 3.99. The van der Waals surface area contributed by atoms with Crippen molar-refractivity contribution in [3.63, 3.8) is 0 Å². The molecule has 2 aromatic rings. The molecule has 6 heteroatoms. The Morgan fingerprint density at radius 1 is 1.30 bits per heavy atom. The van der Waals surface area contributed by atoms with Crippen LogP contribution in [-0.2, 0) is 6.54 Å². The van der Waals surface area contributed by atoms with Crippen molar-refractivity contribution < 1.29 is 4.52 Å². The summed E-state index contributed by atoms with van der Waals surface area (Å²) in [4.78, 5) is 11.3. The minimum Gasteiger partial charge on any atom is -0.370 e. The molecule has 23 heavy (non-hydrogen) atoms. The Morgan fingerprint density at radius 3 is 3.00 bits per heavy atom. The van der Waals surface area contributed by atoms with Crippen LogP contribution >= 0.6 is 0 Å². The van der Waals surface area contributed by atoms with E-state index in [0.717, 1.165) is 43.7 Å². The molecule has 3 heterocycles. The summed E-state index contributed by atoms with van der Waals surface area (Å²) in [5.41, 5.74) is 1.19. The van der Waals surface area contributed by atoms with Gasteiger partial charge in [-0.25, -0.2) is 4.98 Å². The Bertz CT molecular complexity index is 649. The van der Waals surface area contributed by atoms with Gasteiger partial charge in [0, 0.05) is 25.2 Å². The van der Waals surface area contributed by atoms with E-state index in [0.29, 0.717) is 11.8 Å². The molecule has 1 saturated heterocycles. The highest BCUT2D eigenvalue weighted by Crippen LogP contribution is 2.38. The number of aryl methyl sites for hydroxylation is 1. The van der Waals surface area contributed by atoms with Crippen molar-refractivity contribution in [3.8, 4) is 0 Å². The minimum absolute atomic E-state index is 0.536. The van der Waals surface area contributed by atoms with Crippen LogP contribution in [0.5, 0.6) is 0 Å². The molecule has 122 valence electrons. The summed E-state index contributed by atoms with van der Waals surface area (Å²) in [5, 5.41) is 7.55. The molecule has 0 amide bonds. The normalized spacial score (nSPS) is 21.7. The Labute approximate surface area is 136 Å². The van der Waals surface area contributed by atoms with Gasteiger partial charge in [-0.15, -0.1) is 0 Å². The van der Waals surface area contributed by atoms with Crippen LogP contribution in [0.25, 0.3) is 0 Å². The molecular formula is C17H23N5O. The first-order chi connectivity index (χ1) is 11.3. The maximum atomic E-state index is 5.33. The molecular weight excluding hydrogens is 290 g/mol. The SMILES string of the molecule is Cc1ccc(NCC2CCN(Cc3noc(C4CC4)n3)C2)nc1. The lowest BCUT2D eigenvalue weighted by Crippen LogP contribution is -2.23. The average molecular weight is 313 g/mol. The van der Waals surface area contributed by atoms with Crippen LogP contribution < -0.4 is 5.32 Å². The highest BCUT2D eigenvalue weighted by molar-refractivity contribution is 5.35. The van der Waals surface area contributed by atoms with Gasteiger partial charge in [-0.2, -0.15) is 4.98 Å². The van der Waals surface area contributed by atoms with Crippen LogP contribution in [0.4, 0.5) is 5.82 Å². The van der Waals surface area contributed by atoms with E-state index in [4.69, 9.17) is 4.52 Å².